The molecule has 3 saturated heterocycles. The molecule has 3 aliphatic rings. The number of aliphatic hydroxyl groups is 5. The van der Waals surface area contributed by atoms with Gasteiger partial charge in [-0.15, -0.1) is 0 Å². The van der Waals surface area contributed by atoms with Gasteiger partial charge in [0.25, 0.3) is 0 Å². The molecule has 0 aromatic carbocycles. The smallest absolute Gasteiger partial charge is 0.311 e. The van der Waals surface area contributed by atoms with Gasteiger partial charge >= 0.3 is 5.97 Å². The summed E-state index contributed by atoms with van der Waals surface area (Å²) in [5.41, 5.74) is -4.37. The number of aliphatic hydroxyl groups excluding tert-OH is 4. The van der Waals surface area contributed by atoms with Crippen molar-refractivity contribution in [3.63, 3.8) is 0 Å². The standard InChI is InChI=1S/C38H69NO14/c1-15-24-38(10,46)31(43)19(3)27(40)18(2)16-37(9,48-14)33(53-35-29(42)26(39(11)12)28(41)22(6)50-35)20(4)30(21(5)34(45)51-24)52-25-17-36(8,47-13)32(44)23(7)49-25/h18-26,28-33,35,41-44,46H,15-17H2,1-14H3/t18-,19+,20+,21-,22-,23+,24-,25+,26+,28?,29-,30+,31-,32+,33-,35+,36-,37-,38-/m1/s1. The van der Waals surface area contributed by atoms with E-state index in [4.69, 9.17) is 33.2 Å². The predicted octanol–water partition coefficient (Wildman–Crippen LogP) is 1.41. The number of rotatable bonds is 8. The number of methoxy groups -OCH3 is 2. The van der Waals surface area contributed by atoms with Gasteiger partial charge in [-0.2, -0.15) is 0 Å². The van der Waals surface area contributed by atoms with Crippen LogP contribution in [0.5, 0.6) is 0 Å². The zero-order chi connectivity index (χ0) is 40.5. The van der Waals surface area contributed by atoms with Gasteiger partial charge in [0.05, 0.1) is 59.8 Å². The lowest BCUT2D eigenvalue weighted by Gasteiger charge is -2.50. The van der Waals surface area contributed by atoms with Gasteiger partial charge in [0.2, 0.25) is 0 Å². The van der Waals surface area contributed by atoms with E-state index in [1.165, 1.54) is 28.1 Å². The van der Waals surface area contributed by atoms with Crippen LogP contribution in [0.1, 0.15) is 88.5 Å². The molecule has 3 rings (SSSR count). The molecule has 0 spiro atoms. The van der Waals surface area contributed by atoms with E-state index in [1.54, 1.807) is 74.4 Å². The highest BCUT2D eigenvalue weighted by atomic mass is 16.7. The Hall–Kier alpha value is -1.34. The number of cyclic esters (lactones) is 1. The molecular weight excluding hydrogens is 694 g/mol. The van der Waals surface area contributed by atoms with Crippen molar-refractivity contribution >= 4 is 11.8 Å². The fraction of sp³-hybridized carbons (Fsp3) is 0.947. The van der Waals surface area contributed by atoms with Gasteiger partial charge in [-0.1, -0.05) is 27.7 Å². The van der Waals surface area contributed by atoms with E-state index in [2.05, 4.69) is 0 Å². The molecule has 0 radical (unpaired) electrons. The summed E-state index contributed by atoms with van der Waals surface area (Å²) >= 11 is 0. The Balaban J connectivity index is 2.24. The number of ketones is 1. The third-order valence-electron chi connectivity index (χ3n) is 12.4. The summed E-state index contributed by atoms with van der Waals surface area (Å²) in [6.07, 6.45) is -11.7. The van der Waals surface area contributed by atoms with E-state index in [0.29, 0.717) is 0 Å². The van der Waals surface area contributed by atoms with E-state index in [1.807, 2.05) is 0 Å². The maximum atomic E-state index is 14.2. The molecule has 15 heteroatoms. The number of carbonyl (C=O) groups excluding carboxylic acids is 2. The molecule has 310 valence electrons. The van der Waals surface area contributed by atoms with Crippen molar-refractivity contribution < 1.29 is 68.3 Å². The van der Waals surface area contributed by atoms with Crippen molar-refractivity contribution in [3.05, 3.63) is 0 Å². The molecular formula is C38H69NO14. The Morgan fingerprint density at radius 2 is 1.38 bits per heavy atom. The Morgan fingerprint density at radius 1 is 0.792 bits per heavy atom. The number of nitrogens with zero attached hydrogens (tertiary/aromatic N) is 1. The minimum atomic E-state index is -1.99. The quantitative estimate of drug-likeness (QED) is 0.222. The molecule has 3 fully saturated rings. The third-order valence-corrected chi connectivity index (χ3v) is 12.4. The first-order valence-corrected chi connectivity index (χ1v) is 19.0. The van der Waals surface area contributed by atoms with Crippen LogP contribution in [0.4, 0.5) is 0 Å². The lowest BCUT2D eigenvalue weighted by Crippen LogP contribution is -2.64. The topological polar surface area (TPSA) is 203 Å². The van der Waals surface area contributed by atoms with Crippen molar-refractivity contribution in [3.8, 4) is 0 Å². The lowest BCUT2D eigenvalue weighted by molar-refractivity contribution is -0.328. The minimum Gasteiger partial charge on any atom is -0.459 e. The van der Waals surface area contributed by atoms with Gasteiger partial charge in [-0.3, -0.25) is 9.59 Å². The monoisotopic (exact) mass is 763 g/mol. The van der Waals surface area contributed by atoms with Gasteiger partial charge in [-0.05, 0) is 68.5 Å². The van der Waals surface area contributed by atoms with E-state index < -0.39 is 120 Å². The molecule has 5 N–H and O–H groups in total. The number of Topliss-reactive ketones (excluding diaryl/α,β-unsaturated/α-hetero) is 1. The van der Waals surface area contributed by atoms with Crippen LogP contribution in [0.3, 0.4) is 0 Å². The average Bonchev–Trinajstić information content (AvgIpc) is 3.10. The summed E-state index contributed by atoms with van der Waals surface area (Å²) in [7, 11) is 6.41. The minimum absolute atomic E-state index is 0.0578. The number of hydrogen-bond donors (Lipinski definition) is 5. The number of esters is 1. The summed E-state index contributed by atoms with van der Waals surface area (Å²) in [6.45, 7) is 16.6. The molecule has 3 aliphatic heterocycles. The van der Waals surface area contributed by atoms with Gasteiger partial charge in [-0.25, -0.2) is 0 Å². The van der Waals surface area contributed by atoms with Crippen LogP contribution in [-0.4, -0.2) is 161 Å². The fourth-order valence-electron chi connectivity index (χ4n) is 8.67. The van der Waals surface area contributed by atoms with Crippen LogP contribution in [0.15, 0.2) is 0 Å². The molecule has 0 amide bonds. The van der Waals surface area contributed by atoms with E-state index in [-0.39, 0.29) is 25.0 Å². The molecule has 1 unspecified atom stereocenters. The van der Waals surface area contributed by atoms with Gasteiger partial charge in [0, 0.05) is 38.4 Å². The van der Waals surface area contributed by atoms with Crippen LogP contribution >= 0.6 is 0 Å². The normalized spacial score (nSPS) is 49.7. The molecule has 0 bridgehead atoms. The Kier molecular flexibility index (Phi) is 15.5. The summed E-state index contributed by atoms with van der Waals surface area (Å²) < 4.78 is 43.6. The molecule has 0 aromatic heterocycles. The van der Waals surface area contributed by atoms with E-state index in [0.717, 1.165) is 0 Å². The molecule has 53 heavy (non-hydrogen) atoms. The van der Waals surface area contributed by atoms with Crippen molar-refractivity contribution in [1.29, 1.82) is 0 Å². The Morgan fingerprint density at radius 3 is 1.91 bits per heavy atom. The SMILES string of the molecule is CC[C@H]1OC(=O)[C@H](C)[C@@H](O[C@H]2C[C@@](C)(OC)[C@@H](O)[C@H](C)O2)[C@H](C)[C@@H](O[C@@H]2O[C@H](C)C(O)[C@H](N(C)C)[C@H]2O)[C@](C)(OC)C[C@@H](C)C(=O)[C@H](C)[C@@H](O)[C@]1(C)O. The highest BCUT2D eigenvalue weighted by Crippen LogP contribution is 2.42. The maximum Gasteiger partial charge on any atom is 0.311 e. The van der Waals surface area contributed by atoms with Crippen molar-refractivity contribution in [2.45, 2.75) is 179 Å². The van der Waals surface area contributed by atoms with Crippen molar-refractivity contribution in [1.82, 2.24) is 4.90 Å². The van der Waals surface area contributed by atoms with Gasteiger partial charge in [0.1, 0.15) is 29.7 Å². The Bertz CT molecular complexity index is 1220. The number of carbonyl (C=O) groups is 2. The molecule has 0 aliphatic carbocycles. The number of likely N-dealkylation sites (N-methyl/N-ethyl adjacent to an activating group) is 1. The van der Waals surface area contributed by atoms with Crippen LogP contribution < -0.4 is 0 Å². The molecule has 15 nitrogen and oxygen atoms in total. The first-order valence-electron chi connectivity index (χ1n) is 19.0. The molecule has 3 heterocycles. The predicted molar refractivity (Wildman–Crippen MR) is 192 cm³/mol. The Labute approximate surface area is 315 Å². The van der Waals surface area contributed by atoms with Crippen molar-refractivity contribution in [2.24, 2.45) is 23.7 Å². The summed E-state index contributed by atoms with van der Waals surface area (Å²) in [5, 5.41) is 56.5. The highest BCUT2D eigenvalue weighted by molar-refractivity contribution is 5.83. The van der Waals surface area contributed by atoms with Crippen LogP contribution in [0.25, 0.3) is 0 Å². The summed E-state index contributed by atoms with van der Waals surface area (Å²) in [4.78, 5) is 29.9. The second kappa shape index (κ2) is 17.9. The second-order valence-corrected chi connectivity index (χ2v) is 16.7. The third kappa shape index (κ3) is 9.45. The molecule has 0 aromatic rings. The van der Waals surface area contributed by atoms with Gasteiger partial charge < -0.3 is 63.6 Å². The zero-order valence-electron chi connectivity index (χ0n) is 34.2. The van der Waals surface area contributed by atoms with Crippen LogP contribution in [0.2, 0.25) is 0 Å². The first-order chi connectivity index (χ1) is 24.4. The summed E-state index contributed by atoms with van der Waals surface area (Å²) in [5.74, 6) is -4.73. The highest BCUT2D eigenvalue weighted by Gasteiger charge is 2.54. The van der Waals surface area contributed by atoms with Crippen molar-refractivity contribution in [2.75, 3.05) is 28.3 Å². The van der Waals surface area contributed by atoms with Gasteiger partial charge in [0.15, 0.2) is 12.6 Å². The largest absolute Gasteiger partial charge is 0.459 e. The zero-order valence-corrected chi connectivity index (χ0v) is 34.2. The first kappa shape index (κ1) is 46.0. The fourth-order valence-corrected chi connectivity index (χ4v) is 8.67. The van der Waals surface area contributed by atoms with Crippen LogP contribution in [-0.2, 0) is 42.7 Å². The lowest BCUT2D eigenvalue weighted by atomic mass is 9.74. The molecule has 19 atom stereocenters. The number of hydrogen-bond acceptors (Lipinski definition) is 15. The van der Waals surface area contributed by atoms with E-state index in [9.17, 15) is 35.1 Å². The summed E-state index contributed by atoms with van der Waals surface area (Å²) in [6, 6.07) is -0.760. The van der Waals surface area contributed by atoms with Crippen LogP contribution in [0, 0.1) is 23.7 Å². The van der Waals surface area contributed by atoms with E-state index >= 15 is 0 Å². The molecule has 0 saturated carbocycles. The average molecular weight is 764 g/mol. The maximum absolute atomic E-state index is 14.2. The second-order valence-electron chi connectivity index (χ2n) is 16.7. The number of ether oxygens (including phenoxy) is 7.